The van der Waals surface area contributed by atoms with Crippen molar-refractivity contribution in [3.63, 3.8) is 0 Å². The molecular formula is C61H99N25O22S. The molecule has 1 aromatic rings. The highest BCUT2D eigenvalue weighted by Gasteiger charge is 2.36. The molecule has 0 fully saturated rings. The van der Waals surface area contributed by atoms with Crippen LogP contribution in [0.3, 0.4) is 0 Å². The van der Waals surface area contributed by atoms with Gasteiger partial charge in [0.1, 0.15) is 60.4 Å². The molecule has 0 saturated carbocycles. The van der Waals surface area contributed by atoms with Crippen molar-refractivity contribution in [2.45, 2.75) is 169 Å². The van der Waals surface area contributed by atoms with Crippen molar-refractivity contribution in [1.29, 1.82) is 16.2 Å². The van der Waals surface area contributed by atoms with Crippen LogP contribution in [-0.4, -0.2) is 256 Å². The number of hydrogen-bond acceptors (Lipinski definition) is 24. The molecule has 606 valence electrons. The highest BCUT2D eigenvalue weighted by molar-refractivity contribution is 7.80. The van der Waals surface area contributed by atoms with Gasteiger partial charge in [0.25, 0.3) is 0 Å². The van der Waals surface area contributed by atoms with Crippen molar-refractivity contribution in [2.24, 2.45) is 40.1 Å². The molecule has 0 aliphatic rings. The summed E-state index contributed by atoms with van der Waals surface area (Å²) < 4.78 is 0. The Morgan fingerprint density at radius 3 is 0.991 bits per heavy atom. The minimum Gasteiger partial charge on any atom is -0.481 e. The normalized spacial score (nSPS) is 13.7. The molecule has 36 N–H and O–H groups in total. The molecule has 1 rings (SSSR count). The van der Waals surface area contributed by atoms with Crippen LogP contribution >= 0.6 is 12.6 Å². The third-order valence-corrected chi connectivity index (χ3v) is 15.6. The lowest BCUT2D eigenvalue weighted by molar-refractivity contribution is -0.142. The van der Waals surface area contributed by atoms with E-state index in [1.807, 2.05) is 5.32 Å². The van der Waals surface area contributed by atoms with E-state index in [0.717, 1.165) is 0 Å². The molecule has 47 nitrogen and oxygen atoms in total. The van der Waals surface area contributed by atoms with Gasteiger partial charge in [-0.2, -0.15) is 12.6 Å². The number of carboxylic acids is 3. The molecule has 0 unspecified atom stereocenters. The quantitative estimate of drug-likeness (QED) is 0.0125. The van der Waals surface area contributed by atoms with Gasteiger partial charge < -0.3 is 140 Å². The first-order valence-electron chi connectivity index (χ1n) is 33.6. The van der Waals surface area contributed by atoms with E-state index in [2.05, 4.69) is 87.1 Å². The molecule has 0 aliphatic heterocycles. The van der Waals surface area contributed by atoms with E-state index in [4.69, 9.17) is 56.4 Å². The lowest BCUT2D eigenvalue weighted by Gasteiger charge is -2.26. The van der Waals surface area contributed by atoms with Crippen molar-refractivity contribution >= 4 is 137 Å². The average molecular weight is 1570 g/mol. The van der Waals surface area contributed by atoms with Gasteiger partial charge in [-0.25, -0.2) is 4.79 Å². The highest BCUT2D eigenvalue weighted by atomic mass is 32.1. The van der Waals surface area contributed by atoms with Gasteiger partial charge in [-0.3, -0.25) is 97.7 Å². The van der Waals surface area contributed by atoms with Crippen LogP contribution in [0.1, 0.15) is 102 Å². The van der Waals surface area contributed by atoms with Gasteiger partial charge in [0.2, 0.25) is 88.6 Å². The molecule has 109 heavy (non-hydrogen) atoms. The summed E-state index contributed by atoms with van der Waals surface area (Å²) in [6.45, 7) is -3.40. The van der Waals surface area contributed by atoms with Gasteiger partial charge in [0.05, 0.1) is 32.2 Å². The average Bonchev–Trinajstić information content (AvgIpc) is 0.871. The van der Waals surface area contributed by atoms with Crippen molar-refractivity contribution in [1.82, 2.24) is 79.8 Å². The molecule has 0 saturated heterocycles. The number of aliphatic hydroxyl groups is 1. The largest absolute Gasteiger partial charge is 0.481 e. The molecule has 0 heterocycles. The van der Waals surface area contributed by atoms with Crippen LogP contribution in [0.5, 0.6) is 0 Å². The van der Waals surface area contributed by atoms with E-state index in [-0.39, 0.29) is 63.9 Å². The Morgan fingerprint density at radius 1 is 0.367 bits per heavy atom. The summed E-state index contributed by atoms with van der Waals surface area (Å²) in [5.41, 5.74) is 38.8. The molecule has 11 atom stereocenters. The van der Waals surface area contributed by atoms with Gasteiger partial charge in [-0.05, 0) is 76.2 Å². The number of benzene rings is 1. The minimum atomic E-state index is -2.07. The maximum absolute atomic E-state index is 14.2. The number of aliphatic hydroxyl groups excluding tert-OH is 1. The molecule has 0 bridgehead atoms. The zero-order valence-corrected chi connectivity index (χ0v) is 60.0. The Morgan fingerprint density at radius 2 is 0.670 bits per heavy atom. The highest BCUT2D eigenvalue weighted by Crippen LogP contribution is 2.11. The standard InChI is InChI=1S/C61H99N25O22S/c62-30(23-29-7-2-1-3-8-29)48(97)85-39(27-87)57(106)83-37(14-18-43(65)90)56(105)84-38(24-47(95)96)50(99)76-26-45(92)78-36(13-17-42(64)89)55(104)81-32(10-5-21-73-60(68)69)52(101)82-34(15-19-46(93)94)49(98)75-25-44(91)77-35(12-16-41(63)88)54(103)80-31(9-4-20-72-59(66)67)51(100)79-33(11-6-22-74-61(70)71)53(102)86-40(28-109)58(107)108/h1-3,7-8,30-40,87,109H,4-6,9-28,62H2,(H2,63,88)(H2,64,89)(H2,65,90)(H,75,98)(H,76,99)(H,77,91)(H,78,92)(H,79,100)(H,80,103)(H,81,104)(H,82,101)(H,83,106)(H,84,105)(H,85,97)(H,86,102)(H,93,94)(H,95,96)(H,107,108)(H4,66,67,72)(H4,68,69,73)(H4,70,71,74)/t30-,31-,32-,33-,34-,35-,36-,37-,38-,39-,40-/m0/s1. The Balaban J connectivity index is 3.52. The van der Waals surface area contributed by atoms with Crippen LogP contribution in [0.15, 0.2) is 30.3 Å². The number of nitrogens with two attached hydrogens (primary N) is 7. The third kappa shape index (κ3) is 41.3. The zero-order chi connectivity index (χ0) is 82.5. The lowest BCUT2D eigenvalue weighted by Crippen LogP contribution is -2.59. The summed E-state index contributed by atoms with van der Waals surface area (Å²) in [5.74, 6) is -23.6. The first kappa shape index (κ1) is 94.8. The van der Waals surface area contributed by atoms with E-state index in [0.29, 0.717) is 5.56 Å². The second-order valence-electron chi connectivity index (χ2n) is 24.2. The first-order valence-corrected chi connectivity index (χ1v) is 34.2. The van der Waals surface area contributed by atoms with Gasteiger partial charge >= 0.3 is 17.9 Å². The van der Waals surface area contributed by atoms with Crippen LogP contribution in [0.2, 0.25) is 0 Å². The molecule has 0 aromatic heterocycles. The lowest BCUT2D eigenvalue weighted by atomic mass is 10.0. The molecule has 0 aliphatic carbocycles. The number of carbonyl (C=O) groups excluding carboxylic acids is 15. The van der Waals surface area contributed by atoms with Crippen LogP contribution in [0.4, 0.5) is 0 Å². The van der Waals surface area contributed by atoms with E-state index >= 15 is 0 Å². The van der Waals surface area contributed by atoms with Crippen LogP contribution in [-0.2, 0) is 92.7 Å². The van der Waals surface area contributed by atoms with Gasteiger partial charge in [0, 0.05) is 51.1 Å². The number of aliphatic carboxylic acids is 3. The number of amides is 15. The van der Waals surface area contributed by atoms with E-state index in [9.17, 15) is 107 Å². The summed E-state index contributed by atoms with van der Waals surface area (Å²) in [6, 6.07) is -10.2. The Kier molecular flexibility index (Phi) is 44.4. The van der Waals surface area contributed by atoms with E-state index in [1.165, 1.54) is 0 Å². The summed E-state index contributed by atoms with van der Waals surface area (Å²) in [7, 11) is 0. The predicted octanol–water partition coefficient (Wildman–Crippen LogP) is -12.4. The van der Waals surface area contributed by atoms with Crippen LogP contribution in [0.25, 0.3) is 0 Å². The van der Waals surface area contributed by atoms with Crippen molar-refractivity contribution in [3.05, 3.63) is 35.9 Å². The zero-order valence-electron chi connectivity index (χ0n) is 59.1. The summed E-state index contributed by atoms with van der Waals surface area (Å²) >= 11 is 3.94. The van der Waals surface area contributed by atoms with E-state index in [1.54, 1.807) is 30.3 Å². The number of guanidine groups is 3. The first-order chi connectivity index (χ1) is 51.3. The second kappa shape index (κ2) is 51.1. The number of hydrogen-bond donors (Lipinski definition) is 30. The number of carboxylic acid groups (broad SMARTS) is 3. The number of primary amides is 3. The fraction of sp³-hybridized carbons (Fsp3) is 0.557. The monoisotopic (exact) mass is 1570 g/mol. The number of rotatable bonds is 55. The van der Waals surface area contributed by atoms with Crippen molar-refractivity contribution in [2.75, 3.05) is 45.1 Å². The number of carbonyl (C=O) groups is 18. The van der Waals surface area contributed by atoms with Crippen LogP contribution < -0.4 is 120 Å². The van der Waals surface area contributed by atoms with Crippen molar-refractivity contribution < 1.29 is 107 Å². The summed E-state index contributed by atoms with van der Waals surface area (Å²) in [4.78, 5) is 236. The summed E-state index contributed by atoms with van der Waals surface area (Å²) in [5, 5.41) is 95.6. The molecule has 48 heteroatoms. The molecule has 1 aromatic carbocycles. The predicted molar refractivity (Wildman–Crippen MR) is 384 cm³/mol. The molecule has 0 radical (unpaired) electrons. The van der Waals surface area contributed by atoms with Crippen molar-refractivity contribution in [3.8, 4) is 0 Å². The summed E-state index contributed by atoms with van der Waals surface area (Å²) in [6.07, 6.45) is -7.24. The number of thiol groups is 1. The fourth-order valence-electron chi connectivity index (χ4n) is 9.58. The number of nitrogens with one attached hydrogen (secondary N) is 18. The SMILES string of the molecule is N=C(N)NCCC[C@H](NC(=O)[C@H](CCCNC(=N)N)NC(=O)[C@H](CCC(N)=O)NC(=O)CNC(=O)[C@H](CCC(=O)O)NC(=O)[C@H](CCCNC(=N)N)NC(=O)[C@H](CCC(N)=O)NC(=O)CNC(=O)[C@H](CC(=O)O)NC(=O)[C@H](CCC(N)=O)NC(=O)[C@H](CO)NC(=O)[C@@H](N)Cc1ccccc1)C(=O)N[C@@H](CS)C(=O)O. The van der Waals surface area contributed by atoms with Gasteiger partial charge in [0.15, 0.2) is 17.9 Å². The van der Waals surface area contributed by atoms with Gasteiger partial charge in [-0.1, -0.05) is 30.3 Å². The smallest absolute Gasteiger partial charge is 0.327 e. The third-order valence-electron chi connectivity index (χ3n) is 15.2. The molecular weight excluding hydrogens is 1470 g/mol. The molecule has 15 amide bonds. The minimum absolute atomic E-state index is 0.00789. The Hall–Kier alpha value is -12.2. The van der Waals surface area contributed by atoms with Crippen LogP contribution in [0, 0.1) is 16.2 Å². The Labute approximate surface area is 627 Å². The topological polar surface area (TPSA) is 822 Å². The Bertz CT molecular complexity index is 3390. The second-order valence-corrected chi connectivity index (χ2v) is 24.5. The van der Waals surface area contributed by atoms with Gasteiger partial charge in [-0.15, -0.1) is 0 Å². The fourth-order valence-corrected chi connectivity index (χ4v) is 9.83. The molecule has 0 spiro atoms. The van der Waals surface area contributed by atoms with E-state index < -0.39 is 275 Å². The maximum Gasteiger partial charge on any atom is 0.327 e. The maximum atomic E-state index is 14.2.